The largest absolute Gasteiger partial charge is 0.362 e. The lowest BCUT2D eigenvalue weighted by Crippen LogP contribution is -2.27. The Morgan fingerprint density at radius 3 is 2.51 bits per heavy atom. The third-order valence-electron chi connectivity index (χ3n) is 5.89. The van der Waals surface area contributed by atoms with E-state index in [1.54, 1.807) is 41.7 Å². The minimum Gasteiger partial charge on any atom is -0.335 e. The second-order valence-corrected chi connectivity index (χ2v) is 9.17. The monoisotopic (exact) mass is 483 g/mol. The number of pyridine rings is 1. The SMILES string of the molecule is N#CC(CCCCCC(=O)NOC(=O)c1ccccc1)(c1ccc2ccccc2n1)c1cccs1. The van der Waals surface area contributed by atoms with Crippen LogP contribution in [-0.4, -0.2) is 16.9 Å². The second-order valence-electron chi connectivity index (χ2n) is 8.23. The molecule has 0 saturated carbocycles. The Kier molecular flexibility index (Phi) is 7.86. The van der Waals surface area contributed by atoms with E-state index in [0.717, 1.165) is 34.3 Å². The second kappa shape index (κ2) is 11.4. The minimum absolute atomic E-state index is 0.231. The van der Waals surface area contributed by atoms with E-state index in [-0.39, 0.29) is 12.3 Å². The van der Waals surface area contributed by atoms with Gasteiger partial charge in [-0.25, -0.2) is 4.79 Å². The van der Waals surface area contributed by atoms with Crippen molar-refractivity contribution in [2.45, 2.75) is 37.5 Å². The highest BCUT2D eigenvalue weighted by Gasteiger charge is 2.36. The molecule has 35 heavy (non-hydrogen) atoms. The number of benzene rings is 2. The summed E-state index contributed by atoms with van der Waals surface area (Å²) in [5.41, 5.74) is 3.35. The number of hydrogen-bond donors (Lipinski definition) is 1. The van der Waals surface area contributed by atoms with Crippen molar-refractivity contribution < 1.29 is 14.4 Å². The zero-order chi connectivity index (χ0) is 24.5. The summed E-state index contributed by atoms with van der Waals surface area (Å²) in [5, 5.41) is 13.3. The Labute approximate surface area is 208 Å². The van der Waals surface area contributed by atoms with Gasteiger partial charge in [0.2, 0.25) is 0 Å². The fraction of sp³-hybridized carbons (Fsp3) is 0.214. The van der Waals surface area contributed by atoms with Crippen LogP contribution in [0.1, 0.15) is 53.0 Å². The molecule has 0 aliphatic heterocycles. The zero-order valence-corrected chi connectivity index (χ0v) is 20.0. The predicted octanol–water partition coefficient (Wildman–Crippen LogP) is 5.94. The fourth-order valence-electron chi connectivity index (χ4n) is 4.01. The van der Waals surface area contributed by atoms with Crippen molar-refractivity contribution >= 4 is 34.1 Å². The normalized spacial score (nSPS) is 12.4. The number of unbranched alkanes of at least 4 members (excludes halogenated alkanes) is 2. The van der Waals surface area contributed by atoms with E-state index < -0.39 is 11.4 Å². The van der Waals surface area contributed by atoms with Crippen LogP contribution < -0.4 is 5.48 Å². The molecule has 1 amide bonds. The van der Waals surface area contributed by atoms with E-state index in [1.807, 2.05) is 53.9 Å². The summed E-state index contributed by atoms with van der Waals surface area (Å²) in [6.07, 6.45) is 2.94. The number of amides is 1. The number of carbonyl (C=O) groups is 2. The summed E-state index contributed by atoms with van der Waals surface area (Å²) in [7, 11) is 0. The average Bonchev–Trinajstić information content (AvgIpc) is 3.45. The summed E-state index contributed by atoms with van der Waals surface area (Å²) < 4.78 is 0. The highest BCUT2D eigenvalue weighted by atomic mass is 32.1. The van der Waals surface area contributed by atoms with Crippen LogP contribution >= 0.6 is 11.3 Å². The molecule has 0 fully saturated rings. The predicted molar refractivity (Wildman–Crippen MR) is 136 cm³/mol. The number of nitrogens with zero attached hydrogens (tertiary/aromatic N) is 2. The zero-order valence-electron chi connectivity index (χ0n) is 19.1. The topological polar surface area (TPSA) is 92.1 Å². The molecule has 0 aliphatic carbocycles. The van der Waals surface area contributed by atoms with Crippen LogP contribution in [0.4, 0.5) is 0 Å². The molecule has 2 aromatic heterocycles. The van der Waals surface area contributed by atoms with Gasteiger partial charge in [0.25, 0.3) is 5.91 Å². The van der Waals surface area contributed by atoms with Gasteiger partial charge in [-0.1, -0.05) is 61.4 Å². The van der Waals surface area contributed by atoms with Crippen molar-refractivity contribution in [3.05, 3.63) is 100 Å². The lowest BCUT2D eigenvalue weighted by molar-refractivity contribution is -0.130. The molecule has 4 rings (SSSR count). The Balaban J connectivity index is 1.34. The number of para-hydroxylation sites is 1. The van der Waals surface area contributed by atoms with Gasteiger partial charge in [-0.2, -0.15) is 10.7 Å². The molecular weight excluding hydrogens is 458 g/mol. The molecule has 1 unspecified atom stereocenters. The summed E-state index contributed by atoms with van der Waals surface area (Å²) in [5.74, 6) is -0.952. The van der Waals surface area contributed by atoms with Crippen molar-refractivity contribution in [1.29, 1.82) is 5.26 Å². The molecule has 0 radical (unpaired) electrons. The Morgan fingerprint density at radius 1 is 0.943 bits per heavy atom. The van der Waals surface area contributed by atoms with Gasteiger partial charge < -0.3 is 4.84 Å². The molecule has 7 heteroatoms. The Hall–Kier alpha value is -4.02. The van der Waals surface area contributed by atoms with Crippen LogP contribution in [0.3, 0.4) is 0 Å². The van der Waals surface area contributed by atoms with Crippen LogP contribution in [0.15, 0.2) is 84.2 Å². The molecule has 2 aromatic carbocycles. The van der Waals surface area contributed by atoms with Crippen LogP contribution in [-0.2, 0) is 15.0 Å². The van der Waals surface area contributed by atoms with Gasteiger partial charge in [-0.3, -0.25) is 9.78 Å². The van der Waals surface area contributed by atoms with Gasteiger partial charge in [0.1, 0.15) is 5.41 Å². The lowest BCUT2D eigenvalue weighted by atomic mass is 9.78. The summed E-state index contributed by atoms with van der Waals surface area (Å²) >= 11 is 1.56. The Bertz CT molecular complexity index is 1330. The summed E-state index contributed by atoms with van der Waals surface area (Å²) in [6.45, 7) is 0. The maximum atomic E-state index is 12.1. The molecule has 0 saturated heterocycles. The van der Waals surface area contributed by atoms with E-state index in [1.165, 1.54) is 0 Å². The molecule has 6 nitrogen and oxygen atoms in total. The number of hydrogen-bond acceptors (Lipinski definition) is 6. The first-order chi connectivity index (χ1) is 17.1. The maximum absolute atomic E-state index is 12.1. The van der Waals surface area contributed by atoms with E-state index in [4.69, 9.17) is 9.82 Å². The van der Waals surface area contributed by atoms with Crippen LogP contribution in [0, 0.1) is 11.3 Å². The van der Waals surface area contributed by atoms with Crippen molar-refractivity contribution in [2.24, 2.45) is 0 Å². The number of aromatic nitrogens is 1. The highest BCUT2D eigenvalue weighted by Crippen LogP contribution is 2.39. The standard InChI is InChI=1S/C28H25N3O3S/c29-20-28(25-14-9-19-35-25,24-17-16-21-10-6-7-13-23(21)30-24)18-8-2-5-15-26(32)31-34-27(33)22-11-3-1-4-12-22/h1,3-4,6-7,9-14,16-17,19H,2,5,8,15,18H2,(H,31,32). The quantitative estimate of drug-likeness (QED) is 0.235. The van der Waals surface area contributed by atoms with E-state index in [2.05, 4.69) is 11.5 Å². The van der Waals surface area contributed by atoms with Crippen LogP contribution in [0.25, 0.3) is 10.9 Å². The number of rotatable bonds is 9. The number of carbonyl (C=O) groups excluding carboxylic acids is 2. The van der Waals surface area contributed by atoms with Crippen LogP contribution in [0.5, 0.6) is 0 Å². The first-order valence-corrected chi connectivity index (χ1v) is 12.4. The smallest absolute Gasteiger partial charge is 0.335 e. The summed E-state index contributed by atoms with van der Waals surface area (Å²) in [4.78, 5) is 34.7. The van der Waals surface area contributed by atoms with Crippen molar-refractivity contribution in [3.8, 4) is 6.07 Å². The molecule has 2 heterocycles. The number of hydroxylamine groups is 1. The first-order valence-electron chi connectivity index (χ1n) is 11.5. The van der Waals surface area contributed by atoms with Gasteiger partial charge in [-0.05, 0) is 48.6 Å². The third kappa shape index (κ3) is 5.73. The van der Waals surface area contributed by atoms with Gasteiger partial charge in [0.05, 0.1) is 22.8 Å². The van der Waals surface area contributed by atoms with Gasteiger partial charge in [0, 0.05) is 16.7 Å². The third-order valence-corrected chi connectivity index (χ3v) is 6.92. The van der Waals surface area contributed by atoms with E-state index in [0.29, 0.717) is 18.4 Å². The van der Waals surface area contributed by atoms with Crippen molar-refractivity contribution in [1.82, 2.24) is 10.5 Å². The molecule has 0 bridgehead atoms. The molecule has 0 aliphatic rings. The molecular formula is C28H25N3O3S. The van der Waals surface area contributed by atoms with Gasteiger partial charge in [0.15, 0.2) is 0 Å². The first kappa shape index (κ1) is 24.1. The number of nitrogens with one attached hydrogen (secondary N) is 1. The molecule has 176 valence electrons. The van der Waals surface area contributed by atoms with E-state index in [9.17, 15) is 14.9 Å². The van der Waals surface area contributed by atoms with Crippen LogP contribution in [0.2, 0.25) is 0 Å². The Morgan fingerprint density at radius 2 is 1.74 bits per heavy atom. The number of thiophene rings is 1. The van der Waals surface area contributed by atoms with Gasteiger partial charge >= 0.3 is 5.97 Å². The van der Waals surface area contributed by atoms with Crippen molar-refractivity contribution in [3.63, 3.8) is 0 Å². The molecule has 1 N–H and O–H groups in total. The molecule has 4 aromatic rings. The fourth-order valence-corrected chi connectivity index (χ4v) is 4.93. The number of fused-ring (bicyclic) bond motifs is 1. The van der Waals surface area contributed by atoms with Gasteiger partial charge in [-0.15, -0.1) is 11.3 Å². The maximum Gasteiger partial charge on any atom is 0.362 e. The highest BCUT2D eigenvalue weighted by molar-refractivity contribution is 7.10. The number of nitriles is 1. The molecule has 0 spiro atoms. The van der Waals surface area contributed by atoms with Crippen molar-refractivity contribution in [2.75, 3.05) is 0 Å². The lowest BCUT2D eigenvalue weighted by Gasteiger charge is -2.25. The average molecular weight is 484 g/mol. The summed E-state index contributed by atoms with van der Waals surface area (Å²) in [6, 6.07) is 26.8. The molecule has 1 atom stereocenters. The minimum atomic E-state index is -0.842. The van der Waals surface area contributed by atoms with E-state index >= 15 is 0 Å².